The fraction of sp³-hybridized carbons (Fsp3) is 0.423. The van der Waals surface area contributed by atoms with Gasteiger partial charge in [0.2, 0.25) is 0 Å². The van der Waals surface area contributed by atoms with Crippen molar-refractivity contribution in [2.24, 2.45) is 5.92 Å². The number of halogens is 1. The van der Waals surface area contributed by atoms with Crippen molar-refractivity contribution in [1.29, 1.82) is 0 Å². The quantitative estimate of drug-likeness (QED) is 0.467. The van der Waals surface area contributed by atoms with Gasteiger partial charge >= 0.3 is 0 Å². The second-order valence-corrected chi connectivity index (χ2v) is 8.92. The van der Waals surface area contributed by atoms with Crippen molar-refractivity contribution in [3.05, 3.63) is 77.5 Å². The SMILES string of the molecule is Cc1nc(C2CCC(c3ccccc3)CC2)n(CC2CC2)c1-c1ccc(F)cc1. The molecule has 0 atom stereocenters. The smallest absolute Gasteiger partial charge is 0.123 e. The van der Waals surface area contributed by atoms with Gasteiger partial charge in [-0.1, -0.05) is 30.3 Å². The normalized spacial score (nSPS) is 22.0. The molecule has 0 spiro atoms. The molecule has 0 aliphatic heterocycles. The van der Waals surface area contributed by atoms with Gasteiger partial charge in [-0.05, 0) is 87.1 Å². The van der Waals surface area contributed by atoms with E-state index in [4.69, 9.17) is 4.98 Å². The van der Waals surface area contributed by atoms with E-state index in [-0.39, 0.29) is 5.82 Å². The molecular formula is C26H29FN2. The van der Waals surface area contributed by atoms with E-state index < -0.39 is 0 Å². The number of aryl methyl sites for hydroxylation is 1. The summed E-state index contributed by atoms with van der Waals surface area (Å²) in [5, 5.41) is 0. The molecule has 0 unspecified atom stereocenters. The molecule has 1 heterocycles. The maximum Gasteiger partial charge on any atom is 0.123 e. The van der Waals surface area contributed by atoms with E-state index in [1.165, 1.54) is 55.6 Å². The Balaban J connectivity index is 1.43. The number of rotatable bonds is 5. The van der Waals surface area contributed by atoms with Crippen LogP contribution < -0.4 is 0 Å². The zero-order chi connectivity index (χ0) is 19.8. The number of nitrogens with zero attached hydrogens (tertiary/aromatic N) is 2. The summed E-state index contributed by atoms with van der Waals surface area (Å²) >= 11 is 0. The molecule has 0 radical (unpaired) electrons. The Labute approximate surface area is 172 Å². The fourth-order valence-electron chi connectivity index (χ4n) is 5.03. The van der Waals surface area contributed by atoms with Gasteiger partial charge in [-0.3, -0.25) is 0 Å². The first-order valence-corrected chi connectivity index (χ1v) is 11.1. The maximum absolute atomic E-state index is 13.5. The summed E-state index contributed by atoms with van der Waals surface area (Å²) in [6.45, 7) is 3.17. The molecule has 0 N–H and O–H groups in total. The molecule has 2 nitrogen and oxygen atoms in total. The van der Waals surface area contributed by atoms with Crippen molar-refractivity contribution in [1.82, 2.24) is 9.55 Å². The number of benzene rings is 2. The van der Waals surface area contributed by atoms with Crippen LogP contribution in [-0.2, 0) is 6.54 Å². The molecule has 0 bridgehead atoms. The van der Waals surface area contributed by atoms with Crippen molar-refractivity contribution in [2.45, 2.75) is 63.8 Å². The van der Waals surface area contributed by atoms with Crippen molar-refractivity contribution in [2.75, 3.05) is 0 Å². The van der Waals surface area contributed by atoms with Crippen LogP contribution in [0.5, 0.6) is 0 Å². The van der Waals surface area contributed by atoms with Crippen LogP contribution in [0.15, 0.2) is 54.6 Å². The molecule has 2 fully saturated rings. The minimum absolute atomic E-state index is 0.181. The lowest BCUT2D eigenvalue weighted by molar-refractivity contribution is 0.374. The zero-order valence-corrected chi connectivity index (χ0v) is 17.2. The van der Waals surface area contributed by atoms with Gasteiger partial charge in [0.1, 0.15) is 11.6 Å². The first-order chi connectivity index (χ1) is 14.2. The van der Waals surface area contributed by atoms with Gasteiger partial charge in [-0.25, -0.2) is 9.37 Å². The standard InChI is InChI=1S/C26H29FN2/c1-18-25(22-13-15-24(27)16-14-22)29(17-19-7-8-19)26(28-18)23-11-9-21(10-12-23)20-5-3-2-4-6-20/h2-6,13-16,19,21,23H,7-12,17H2,1H3. The molecule has 29 heavy (non-hydrogen) atoms. The lowest BCUT2D eigenvalue weighted by Crippen LogP contribution is -2.17. The highest BCUT2D eigenvalue weighted by atomic mass is 19.1. The average Bonchev–Trinajstić information content (AvgIpc) is 3.52. The molecule has 2 aliphatic rings. The van der Waals surface area contributed by atoms with Crippen LogP contribution in [0.2, 0.25) is 0 Å². The summed E-state index contributed by atoms with van der Waals surface area (Å²) in [7, 11) is 0. The molecule has 1 aromatic heterocycles. The molecule has 3 aromatic rings. The number of imidazole rings is 1. The Morgan fingerprint density at radius 2 is 1.52 bits per heavy atom. The number of hydrogen-bond acceptors (Lipinski definition) is 1. The van der Waals surface area contributed by atoms with Crippen LogP contribution in [0, 0.1) is 18.7 Å². The van der Waals surface area contributed by atoms with E-state index >= 15 is 0 Å². The van der Waals surface area contributed by atoms with Crippen molar-refractivity contribution >= 4 is 0 Å². The van der Waals surface area contributed by atoms with E-state index in [9.17, 15) is 4.39 Å². The highest BCUT2D eigenvalue weighted by molar-refractivity contribution is 5.63. The fourth-order valence-corrected chi connectivity index (χ4v) is 5.03. The van der Waals surface area contributed by atoms with Crippen LogP contribution >= 0.6 is 0 Å². The second-order valence-electron chi connectivity index (χ2n) is 8.92. The highest BCUT2D eigenvalue weighted by Crippen LogP contribution is 2.43. The number of aromatic nitrogens is 2. The molecule has 2 aromatic carbocycles. The minimum Gasteiger partial charge on any atom is -0.327 e. The predicted octanol–water partition coefficient (Wildman–Crippen LogP) is 6.85. The molecular weight excluding hydrogens is 359 g/mol. The number of hydrogen-bond donors (Lipinski definition) is 0. The van der Waals surface area contributed by atoms with Gasteiger partial charge in [0.15, 0.2) is 0 Å². The first kappa shape index (κ1) is 18.6. The third-order valence-corrected chi connectivity index (χ3v) is 6.79. The van der Waals surface area contributed by atoms with Crippen LogP contribution in [0.25, 0.3) is 11.3 Å². The van der Waals surface area contributed by atoms with Crippen LogP contribution in [-0.4, -0.2) is 9.55 Å². The Hall–Kier alpha value is -2.42. The summed E-state index contributed by atoms with van der Waals surface area (Å²) < 4.78 is 16.0. The molecule has 3 heteroatoms. The maximum atomic E-state index is 13.5. The minimum atomic E-state index is -0.181. The summed E-state index contributed by atoms with van der Waals surface area (Å²) in [6, 6.07) is 17.9. The summed E-state index contributed by atoms with van der Waals surface area (Å²) in [5.74, 6) is 3.07. The Morgan fingerprint density at radius 3 is 2.17 bits per heavy atom. The van der Waals surface area contributed by atoms with E-state index in [0.29, 0.717) is 11.8 Å². The monoisotopic (exact) mass is 388 g/mol. The first-order valence-electron chi connectivity index (χ1n) is 11.1. The molecule has 0 saturated heterocycles. The van der Waals surface area contributed by atoms with Gasteiger partial charge in [-0.2, -0.15) is 0 Å². The molecule has 2 aliphatic carbocycles. The molecule has 5 rings (SSSR count). The molecule has 150 valence electrons. The van der Waals surface area contributed by atoms with Gasteiger partial charge in [0.05, 0.1) is 11.4 Å². The zero-order valence-electron chi connectivity index (χ0n) is 17.2. The van der Waals surface area contributed by atoms with Crippen LogP contribution in [0.4, 0.5) is 4.39 Å². The van der Waals surface area contributed by atoms with Crippen LogP contribution in [0.1, 0.15) is 67.4 Å². The summed E-state index contributed by atoms with van der Waals surface area (Å²) in [4.78, 5) is 5.08. The van der Waals surface area contributed by atoms with Gasteiger partial charge in [-0.15, -0.1) is 0 Å². The van der Waals surface area contributed by atoms with Crippen molar-refractivity contribution in [3.63, 3.8) is 0 Å². The van der Waals surface area contributed by atoms with E-state index in [2.05, 4.69) is 41.8 Å². The lowest BCUT2D eigenvalue weighted by Gasteiger charge is -2.29. The van der Waals surface area contributed by atoms with Gasteiger partial charge in [0, 0.05) is 18.0 Å². The largest absolute Gasteiger partial charge is 0.327 e. The highest BCUT2D eigenvalue weighted by Gasteiger charge is 2.31. The predicted molar refractivity (Wildman–Crippen MR) is 115 cm³/mol. The van der Waals surface area contributed by atoms with Crippen LogP contribution in [0.3, 0.4) is 0 Å². The second kappa shape index (κ2) is 7.78. The van der Waals surface area contributed by atoms with E-state index in [1.54, 1.807) is 12.1 Å². The van der Waals surface area contributed by atoms with Gasteiger partial charge < -0.3 is 4.57 Å². The Bertz CT molecular complexity index is 962. The van der Waals surface area contributed by atoms with E-state index in [0.717, 1.165) is 23.7 Å². The summed E-state index contributed by atoms with van der Waals surface area (Å²) in [6.07, 6.45) is 7.50. The molecule has 2 saturated carbocycles. The topological polar surface area (TPSA) is 17.8 Å². The lowest BCUT2D eigenvalue weighted by atomic mass is 9.78. The van der Waals surface area contributed by atoms with Crippen molar-refractivity contribution in [3.8, 4) is 11.3 Å². The van der Waals surface area contributed by atoms with Gasteiger partial charge in [0.25, 0.3) is 0 Å². The average molecular weight is 389 g/mol. The Morgan fingerprint density at radius 1 is 0.862 bits per heavy atom. The third kappa shape index (κ3) is 3.88. The van der Waals surface area contributed by atoms with Crippen molar-refractivity contribution < 1.29 is 4.39 Å². The Kier molecular flexibility index (Phi) is 4.99. The third-order valence-electron chi connectivity index (χ3n) is 6.79. The molecule has 0 amide bonds. The summed E-state index contributed by atoms with van der Waals surface area (Å²) in [5.41, 5.74) is 4.84. The van der Waals surface area contributed by atoms with E-state index in [1.807, 2.05) is 12.1 Å².